The third-order valence-electron chi connectivity index (χ3n) is 2.47. The maximum absolute atomic E-state index is 11.8. The van der Waals surface area contributed by atoms with Gasteiger partial charge in [-0.15, -0.1) is 0 Å². The normalized spacial score (nSPS) is 11.8. The van der Waals surface area contributed by atoms with E-state index in [2.05, 4.69) is 20.5 Å². The van der Waals surface area contributed by atoms with Crippen molar-refractivity contribution in [1.29, 1.82) is 0 Å². The molecule has 0 saturated heterocycles. The van der Waals surface area contributed by atoms with E-state index in [1.165, 1.54) is 12.1 Å². The zero-order valence-corrected chi connectivity index (χ0v) is 9.75. The van der Waals surface area contributed by atoms with Crippen molar-refractivity contribution in [3.63, 3.8) is 0 Å². The van der Waals surface area contributed by atoms with Gasteiger partial charge in [-0.05, 0) is 30.7 Å². The molecule has 0 spiro atoms. The van der Waals surface area contributed by atoms with Crippen LogP contribution in [0.5, 0.6) is 0 Å². The first-order chi connectivity index (χ1) is 8.66. The number of nitrogens with one attached hydrogen (secondary N) is 2. The predicted molar refractivity (Wildman–Crippen MR) is 65.0 cm³/mol. The number of nitrogens with zero attached hydrogens (tertiary/aromatic N) is 2. The molecule has 0 bridgehead atoms. The van der Waals surface area contributed by atoms with Gasteiger partial charge in [-0.2, -0.15) is 5.10 Å². The minimum atomic E-state index is -0.339. The number of pyridine rings is 1. The van der Waals surface area contributed by atoms with Crippen molar-refractivity contribution in [3.8, 4) is 0 Å². The van der Waals surface area contributed by atoms with Crippen LogP contribution in [-0.2, 0) is 0 Å². The van der Waals surface area contributed by atoms with Crippen LogP contribution < -0.4 is 10.9 Å². The Balaban J connectivity index is 2.08. The largest absolute Gasteiger partial charge is 0.344 e. The molecule has 0 aromatic carbocycles. The van der Waals surface area contributed by atoms with E-state index >= 15 is 0 Å². The lowest BCUT2D eigenvalue weighted by Gasteiger charge is -2.13. The summed E-state index contributed by atoms with van der Waals surface area (Å²) in [7, 11) is 0. The minimum Gasteiger partial charge on any atom is -0.344 e. The van der Waals surface area contributed by atoms with Gasteiger partial charge in [0.1, 0.15) is 5.69 Å². The molecule has 0 fully saturated rings. The molecular weight excluding hydrogens is 232 g/mol. The quantitative estimate of drug-likeness (QED) is 0.830. The van der Waals surface area contributed by atoms with Crippen molar-refractivity contribution in [3.05, 3.63) is 58.3 Å². The molecule has 1 atom stereocenters. The van der Waals surface area contributed by atoms with E-state index in [0.717, 1.165) is 5.56 Å². The van der Waals surface area contributed by atoms with Crippen LogP contribution in [0.3, 0.4) is 0 Å². The van der Waals surface area contributed by atoms with Crippen LogP contribution in [0.1, 0.15) is 29.0 Å². The van der Waals surface area contributed by atoms with Gasteiger partial charge in [0.15, 0.2) is 0 Å². The van der Waals surface area contributed by atoms with Crippen LogP contribution in [0.4, 0.5) is 0 Å². The van der Waals surface area contributed by atoms with Crippen LogP contribution in [0, 0.1) is 0 Å². The summed E-state index contributed by atoms with van der Waals surface area (Å²) in [4.78, 5) is 26.6. The van der Waals surface area contributed by atoms with Crippen molar-refractivity contribution in [2.45, 2.75) is 13.0 Å². The fraction of sp³-hybridized carbons (Fsp3) is 0.167. The van der Waals surface area contributed by atoms with E-state index in [-0.39, 0.29) is 23.2 Å². The number of hydrogen-bond donors (Lipinski definition) is 2. The van der Waals surface area contributed by atoms with Gasteiger partial charge in [-0.1, -0.05) is 0 Å². The smallest absolute Gasteiger partial charge is 0.272 e. The van der Waals surface area contributed by atoms with Gasteiger partial charge in [0.25, 0.3) is 11.5 Å². The lowest BCUT2D eigenvalue weighted by atomic mass is 10.1. The molecule has 6 nitrogen and oxygen atoms in total. The molecule has 0 aliphatic rings. The van der Waals surface area contributed by atoms with Crippen molar-refractivity contribution < 1.29 is 4.79 Å². The Kier molecular flexibility index (Phi) is 3.47. The molecule has 0 aliphatic carbocycles. The molecule has 0 saturated carbocycles. The summed E-state index contributed by atoms with van der Waals surface area (Å²) in [6, 6.07) is 6.14. The summed E-state index contributed by atoms with van der Waals surface area (Å²) in [5, 5.41) is 8.66. The fourth-order valence-electron chi connectivity index (χ4n) is 1.48. The van der Waals surface area contributed by atoms with Crippen molar-refractivity contribution in [2.24, 2.45) is 0 Å². The van der Waals surface area contributed by atoms with Gasteiger partial charge in [-0.25, -0.2) is 5.10 Å². The molecule has 0 radical (unpaired) electrons. The number of carbonyl (C=O) groups is 1. The first kappa shape index (κ1) is 12.0. The Hall–Kier alpha value is -2.50. The Morgan fingerprint density at radius 1 is 1.28 bits per heavy atom. The highest BCUT2D eigenvalue weighted by atomic mass is 16.2. The number of amides is 1. The summed E-state index contributed by atoms with van der Waals surface area (Å²) in [6.07, 6.45) is 3.33. The van der Waals surface area contributed by atoms with E-state index in [1.807, 2.05) is 19.1 Å². The molecule has 1 amide bonds. The van der Waals surface area contributed by atoms with Gasteiger partial charge in [0, 0.05) is 18.5 Å². The van der Waals surface area contributed by atoms with E-state index in [9.17, 15) is 9.59 Å². The molecule has 0 aliphatic heterocycles. The van der Waals surface area contributed by atoms with Gasteiger partial charge in [-0.3, -0.25) is 14.6 Å². The molecule has 2 heterocycles. The summed E-state index contributed by atoms with van der Waals surface area (Å²) >= 11 is 0. The second kappa shape index (κ2) is 5.22. The Morgan fingerprint density at radius 2 is 2.00 bits per heavy atom. The topological polar surface area (TPSA) is 87.7 Å². The van der Waals surface area contributed by atoms with Gasteiger partial charge in [0.2, 0.25) is 0 Å². The van der Waals surface area contributed by atoms with E-state index < -0.39 is 0 Å². The molecule has 18 heavy (non-hydrogen) atoms. The Bertz CT molecular complexity index is 574. The van der Waals surface area contributed by atoms with Crippen LogP contribution >= 0.6 is 0 Å². The Morgan fingerprint density at radius 3 is 2.61 bits per heavy atom. The number of rotatable bonds is 3. The van der Waals surface area contributed by atoms with Crippen LogP contribution in [0.25, 0.3) is 0 Å². The summed E-state index contributed by atoms with van der Waals surface area (Å²) in [6.45, 7) is 1.86. The first-order valence-corrected chi connectivity index (χ1v) is 5.43. The number of aromatic nitrogens is 3. The summed E-state index contributed by atoms with van der Waals surface area (Å²) in [5.41, 5.74) is 0.784. The molecule has 0 unspecified atom stereocenters. The molecule has 2 aromatic rings. The van der Waals surface area contributed by atoms with E-state index in [1.54, 1.807) is 12.4 Å². The summed E-state index contributed by atoms with van der Waals surface area (Å²) < 4.78 is 0. The van der Waals surface area contributed by atoms with Crippen molar-refractivity contribution >= 4 is 5.91 Å². The lowest BCUT2D eigenvalue weighted by molar-refractivity contribution is 0.0933. The standard InChI is InChI=1S/C12H12N4O2/c1-8(9-4-6-13-7-5-9)14-12(18)10-2-3-11(17)16-15-10/h2-8H,1H3,(H,14,18)(H,16,17)/t8-/m0/s1. The van der Waals surface area contributed by atoms with Gasteiger partial charge < -0.3 is 5.32 Å². The number of carbonyl (C=O) groups excluding carboxylic acids is 1. The molecule has 6 heteroatoms. The van der Waals surface area contributed by atoms with E-state index in [0.29, 0.717) is 0 Å². The second-order valence-electron chi connectivity index (χ2n) is 3.78. The van der Waals surface area contributed by atoms with Crippen molar-refractivity contribution in [1.82, 2.24) is 20.5 Å². The highest BCUT2D eigenvalue weighted by molar-refractivity contribution is 5.92. The van der Waals surface area contributed by atoms with E-state index in [4.69, 9.17) is 0 Å². The second-order valence-corrected chi connectivity index (χ2v) is 3.78. The van der Waals surface area contributed by atoms with Crippen LogP contribution in [0.15, 0.2) is 41.5 Å². The average Bonchev–Trinajstić information content (AvgIpc) is 2.40. The zero-order valence-electron chi connectivity index (χ0n) is 9.75. The molecule has 2 N–H and O–H groups in total. The van der Waals surface area contributed by atoms with Crippen LogP contribution in [0.2, 0.25) is 0 Å². The fourth-order valence-corrected chi connectivity index (χ4v) is 1.48. The Labute approximate surface area is 103 Å². The highest BCUT2D eigenvalue weighted by Gasteiger charge is 2.12. The maximum Gasteiger partial charge on any atom is 0.272 e. The molecule has 2 aromatic heterocycles. The minimum absolute atomic E-state index is 0.158. The third-order valence-corrected chi connectivity index (χ3v) is 2.47. The average molecular weight is 244 g/mol. The number of hydrogen-bond acceptors (Lipinski definition) is 4. The maximum atomic E-state index is 11.8. The first-order valence-electron chi connectivity index (χ1n) is 5.43. The molecule has 2 rings (SSSR count). The molecule has 92 valence electrons. The van der Waals surface area contributed by atoms with Gasteiger partial charge in [0.05, 0.1) is 6.04 Å². The SMILES string of the molecule is C[C@H](NC(=O)c1ccc(=O)[nH]n1)c1ccncc1. The summed E-state index contributed by atoms with van der Waals surface area (Å²) in [5.74, 6) is -0.337. The predicted octanol–water partition coefficient (Wildman–Crippen LogP) is 0.656. The number of H-pyrrole nitrogens is 1. The molecular formula is C12H12N4O2. The zero-order chi connectivity index (χ0) is 13.0. The monoisotopic (exact) mass is 244 g/mol. The lowest BCUT2D eigenvalue weighted by Crippen LogP contribution is -2.28. The van der Waals surface area contributed by atoms with Crippen molar-refractivity contribution in [2.75, 3.05) is 0 Å². The highest BCUT2D eigenvalue weighted by Crippen LogP contribution is 2.10. The van der Waals surface area contributed by atoms with Crippen LogP contribution in [-0.4, -0.2) is 21.1 Å². The number of aromatic amines is 1. The van der Waals surface area contributed by atoms with Gasteiger partial charge >= 0.3 is 0 Å². The third kappa shape index (κ3) is 2.79.